The number of aryl methyl sites for hydroxylation is 1. The Morgan fingerprint density at radius 1 is 1.32 bits per heavy atom. The van der Waals surface area contributed by atoms with Gasteiger partial charge >= 0.3 is 0 Å². The van der Waals surface area contributed by atoms with Crippen molar-refractivity contribution in [3.05, 3.63) is 57.4 Å². The van der Waals surface area contributed by atoms with E-state index in [-0.39, 0.29) is 23.9 Å². The van der Waals surface area contributed by atoms with E-state index in [1.807, 2.05) is 42.9 Å². The lowest BCUT2D eigenvalue weighted by Gasteiger charge is -2.09. The Kier molecular flexibility index (Phi) is 10.5. The predicted molar refractivity (Wildman–Crippen MR) is 124 cm³/mol. The number of hydrogen-bond acceptors (Lipinski definition) is 5. The molecule has 10 heteroatoms. The first-order valence-electron chi connectivity index (χ1n) is 7.87. The number of nitrogens with one attached hydrogen (secondary N) is 3. The van der Waals surface area contributed by atoms with Crippen molar-refractivity contribution in [3.8, 4) is 0 Å². The van der Waals surface area contributed by atoms with Crippen LogP contribution in [0.25, 0.3) is 6.08 Å². The Morgan fingerprint density at radius 3 is 2.46 bits per heavy atom. The number of rotatable bonds is 6. The molecule has 1 heterocycles. The number of carbonyl (C=O) groups is 1. The lowest BCUT2D eigenvalue weighted by Crippen LogP contribution is -1.97. The minimum atomic E-state index is -1.05. The highest BCUT2D eigenvalue weighted by Gasteiger charge is 2.11. The zero-order chi connectivity index (χ0) is 21.3. The van der Waals surface area contributed by atoms with Crippen LogP contribution in [0.15, 0.2) is 24.2 Å². The lowest BCUT2D eigenvalue weighted by atomic mass is 10.1. The van der Waals surface area contributed by atoms with Crippen molar-refractivity contribution in [1.82, 2.24) is 4.98 Å². The first-order chi connectivity index (χ1) is 13.3. The highest BCUT2D eigenvalue weighted by Crippen LogP contribution is 2.31. The van der Waals surface area contributed by atoms with Crippen LogP contribution in [0.1, 0.15) is 22.4 Å². The zero-order valence-electron chi connectivity index (χ0n) is 15.3. The summed E-state index contributed by atoms with van der Waals surface area (Å²) in [6.45, 7) is 3.93. The van der Waals surface area contributed by atoms with Gasteiger partial charge in [0.05, 0.1) is 22.1 Å². The Hall–Kier alpha value is -1.64. The van der Waals surface area contributed by atoms with E-state index in [1.54, 1.807) is 6.20 Å². The summed E-state index contributed by atoms with van der Waals surface area (Å²) in [6.07, 6.45) is 3.72. The van der Waals surface area contributed by atoms with Crippen molar-refractivity contribution in [2.45, 2.75) is 13.8 Å². The number of hydrogen-bond donors (Lipinski definition) is 3. The smallest absolute Gasteiger partial charge is 0.178 e. The van der Waals surface area contributed by atoms with E-state index in [4.69, 9.17) is 17.0 Å². The molecule has 0 amide bonds. The quantitative estimate of drug-likeness (QED) is 0.137. The maximum atomic E-state index is 13.9. The maximum absolute atomic E-state index is 13.9. The Labute approximate surface area is 182 Å². The Balaban J connectivity index is 0.000000307. The van der Waals surface area contributed by atoms with Crippen LogP contribution in [0.5, 0.6) is 0 Å². The van der Waals surface area contributed by atoms with Gasteiger partial charge < -0.3 is 15.8 Å². The van der Waals surface area contributed by atoms with Crippen molar-refractivity contribution in [2.24, 2.45) is 0 Å². The van der Waals surface area contributed by atoms with Gasteiger partial charge in [0.1, 0.15) is 0 Å². The summed E-state index contributed by atoms with van der Waals surface area (Å²) in [6, 6.07) is 2.80. The fraction of sp³-hybridized carbons (Fsp3) is 0.167. The molecule has 1 unspecified atom stereocenters. The van der Waals surface area contributed by atoms with Gasteiger partial charge in [-0.15, -0.1) is 0 Å². The summed E-state index contributed by atoms with van der Waals surface area (Å²) < 4.78 is 26.7. The summed E-state index contributed by atoms with van der Waals surface area (Å²) in [4.78, 5) is 14.3. The summed E-state index contributed by atoms with van der Waals surface area (Å²) in [7, 11) is 1.87. The van der Waals surface area contributed by atoms with Gasteiger partial charge in [-0.05, 0) is 47.5 Å². The van der Waals surface area contributed by atoms with Crippen LogP contribution >= 0.6 is 40.0 Å². The van der Waals surface area contributed by atoms with E-state index in [0.29, 0.717) is 10.6 Å². The van der Waals surface area contributed by atoms with Gasteiger partial charge in [0, 0.05) is 37.0 Å². The van der Waals surface area contributed by atoms with E-state index in [9.17, 15) is 13.6 Å². The molecular formula is C18H19ClF2IN4OP. The van der Waals surface area contributed by atoms with Crippen molar-refractivity contribution < 1.29 is 13.6 Å². The van der Waals surface area contributed by atoms with Gasteiger partial charge in [-0.1, -0.05) is 23.7 Å². The van der Waals surface area contributed by atoms with E-state index >= 15 is 0 Å². The molecule has 1 aromatic heterocycles. The van der Waals surface area contributed by atoms with Gasteiger partial charge in [-0.2, -0.15) is 0 Å². The monoisotopic (exact) mass is 538 g/mol. The second-order valence-corrected chi connectivity index (χ2v) is 7.85. The molecule has 3 N–H and O–H groups in total. The van der Waals surface area contributed by atoms with Gasteiger partial charge in [-0.3, -0.25) is 9.78 Å². The van der Waals surface area contributed by atoms with Crippen molar-refractivity contribution in [3.63, 3.8) is 0 Å². The fourth-order valence-electron chi connectivity index (χ4n) is 2.27. The summed E-state index contributed by atoms with van der Waals surface area (Å²) >= 11 is 7.88. The molecule has 0 saturated heterocycles. The SMILES string of the molecule is CNc1c(C)ncc(Cl)c1C.N=Cc1ccc(/C=C(\F)C=O)c(F)c1NPI. The van der Waals surface area contributed by atoms with Gasteiger partial charge in [0.25, 0.3) is 0 Å². The predicted octanol–water partition coefficient (Wildman–Crippen LogP) is 6.08. The van der Waals surface area contributed by atoms with Crippen LogP contribution in [0.4, 0.5) is 20.2 Å². The van der Waals surface area contributed by atoms with E-state index in [0.717, 1.165) is 29.2 Å². The summed E-state index contributed by atoms with van der Waals surface area (Å²) in [5.74, 6) is -1.72. The first kappa shape index (κ1) is 24.4. The Bertz CT molecular complexity index is 896. The number of anilines is 2. The van der Waals surface area contributed by atoms with Crippen LogP contribution in [0.3, 0.4) is 0 Å². The van der Waals surface area contributed by atoms with E-state index in [2.05, 4.69) is 15.4 Å². The number of halogens is 4. The minimum Gasteiger partial charge on any atom is -0.386 e. The summed E-state index contributed by atoms with van der Waals surface area (Å²) in [5.41, 5.74) is 3.54. The fourth-order valence-corrected chi connectivity index (χ4v) is 3.57. The highest BCUT2D eigenvalue weighted by atomic mass is 127. The number of benzene rings is 1. The van der Waals surface area contributed by atoms with Crippen molar-refractivity contribution >= 4 is 70.0 Å². The minimum absolute atomic E-state index is 0.0111. The molecule has 5 nitrogen and oxygen atoms in total. The van der Waals surface area contributed by atoms with Gasteiger partial charge in [-0.25, -0.2) is 8.78 Å². The van der Waals surface area contributed by atoms with E-state index in [1.165, 1.54) is 12.1 Å². The molecule has 0 bridgehead atoms. The van der Waals surface area contributed by atoms with Crippen LogP contribution in [0.2, 0.25) is 5.02 Å². The second-order valence-electron chi connectivity index (χ2n) is 5.39. The van der Waals surface area contributed by atoms with Crippen LogP contribution in [-0.4, -0.2) is 24.5 Å². The molecule has 2 rings (SSSR count). The number of aldehydes is 1. The first-order valence-corrected chi connectivity index (χ1v) is 12.4. The Morgan fingerprint density at radius 2 is 1.96 bits per heavy atom. The standard InChI is InChI=1S/C10H8F2IN2OP.C8H11ClN2/c11-8(5-16)3-6-1-2-7(4-14)10(9(6)12)15-17-13;1-5-7(9)4-11-6(2)8(5)10-3/h1-5,14-15,17H;4,10H,1-3H3/b8-3-,14-4?;. The number of allylic oxidation sites excluding steroid dienone is 1. The van der Waals surface area contributed by atoms with E-state index < -0.39 is 11.6 Å². The van der Waals surface area contributed by atoms with Gasteiger partial charge in [0.2, 0.25) is 0 Å². The van der Waals surface area contributed by atoms with Gasteiger partial charge in [0.15, 0.2) is 17.9 Å². The number of carbonyl (C=O) groups excluding carboxylic acids is 1. The normalized spacial score (nSPS) is 11.0. The molecule has 2 aromatic rings. The van der Waals surface area contributed by atoms with Crippen LogP contribution < -0.4 is 10.4 Å². The number of nitrogens with zero attached hydrogens (tertiary/aromatic N) is 1. The molecule has 0 aliphatic rings. The number of aromatic nitrogens is 1. The molecule has 0 aliphatic heterocycles. The molecule has 0 fully saturated rings. The largest absolute Gasteiger partial charge is 0.386 e. The van der Waals surface area contributed by atoms with Crippen molar-refractivity contribution in [1.29, 1.82) is 5.41 Å². The lowest BCUT2D eigenvalue weighted by molar-refractivity contribution is -0.106. The van der Waals surface area contributed by atoms with Crippen molar-refractivity contribution in [2.75, 3.05) is 17.5 Å². The van der Waals surface area contributed by atoms with Crippen LogP contribution in [0, 0.1) is 25.1 Å². The summed E-state index contributed by atoms with van der Waals surface area (Å²) in [5, 5.41) is 13.7. The average Bonchev–Trinajstić information content (AvgIpc) is 2.69. The second kappa shape index (κ2) is 12.0. The molecular weight excluding hydrogens is 520 g/mol. The molecule has 0 radical (unpaired) electrons. The highest BCUT2D eigenvalue weighted by molar-refractivity contribution is 14.2. The third-order valence-electron chi connectivity index (χ3n) is 3.65. The number of pyridine rings is 1. The topological polar surface area (TPSA) is 77.9 Å². The molecule has 28 heavy (non-hydrogen) atoms. The third-order valence-corrected chi connectivity index (χ3v) is 5.19. The van der Waals surface area contributed by atoms with Crippen LogP contribution in [-0.2, 0) is 4.79 Å². The molecule has 0 aliphatic carbocycles. The molecule has 1 atom stereocenters. The average molecular weight is 539 g/mol. The molecule has 150 valence electrons. The zero-order valence-corrected chi connectivity index (χ0v) is 19.2. The molecule has 0 saturated carbocycles. The molecule has 1 aromatic carbocycles. The third kappa shape index (κ3) is 6.46. The maximum Gasteiger partial charge on any atom is 0.178 e. The molecule has 0 spiro atoms.